The van der Waals surface area contributed by atoms with Crippen molar-refractivity contribution in [3.8, 4) is 0 Å². The fourth-order valence-electron chi connectivity index (χ4n) is 1.51. The van der Waals surface area contributed by atoms with Crippen molar-refractivity contribution >= 4 is 24.1 Å². The molecular weight excluding hydrogens is 258 g/mol. The largest absolute Gasteiger partial charge is 0.461 e. The number of rotatable bonds is 6. The van der Waals surface area contributed by atoms with Crippen molar-refractivity contribution in [3.05, 3.63) is 29.8 Å². The maximum absolute atomic E-state index is 11.6. The molecular formula is C13H21ClN2O2. The molecule has 0 heterocycles. The first-order valence-corrected chi connectivity index (χ1v) is 5.92. The summed E-state index contributed by atoms with van der Waals surface area (Å²) in [6.07, 6.45) is 0. The molecule has 0 unspecified atom stereocenters. The first kappa shape index (κ1) is 16.7. The van der Waals surface area contributed by atoms with Gasteiger partial charge in [0.2, 0.25) is 0 Å². The molecule has 0 amide bonds. The molecule has 0 bridgehead atoms. The lowest BCUT2D eigenvalue weighted by Crippen LogP contribution is -2.27. The zero-order valence-electron chi connectivity index (χ0n) is 10.9. The Kier molecular flexibility index (Phi) is 8.16. The summed E-state index contributed by atoms with van der Waals surface area (Å²) in [4.78, 5) is 13.8. The molecule has 0 aliphatic heterocycles. The third kappa shape index (κ3) is 5.38. The topological polar surface area (TPSA) is 55.6 Å². The Labute approximate surface area is 115 Å². The average Bonchev–Trinajstić information content (AvgIpc) is 2.35. The second-order valence-electron chi connectivity index (χ2n) is 3.78. The van der Waals surface area contributed by atoms with E-state index in [1.54, 1.807) is 24.3 Å². The summed E-state index contributed by atoms with van der Waals surface area (Å²) in [5.41, 5.74) is 6.73. The van der Waals surface area contributed by atoms with Gasteiger partial charge in [-0.05, 0) is 37.4 Å². The molecule has 0 fully saturated rings. The molecule has 2 N–H and O–H groups in total. The van der Waals surface area contributed by atoms with Gasteiger partial charge in [0.15, 0.2) is 0 Å². The van der Waals surface area contributed by atoms with Crippen LogP contribution in [0.5, 0.6) is 0 Å². The fraction of sp³-hybridized carbons (Fsp3) is 0.462. The summed E-state index contributed by atoms with van der Waals surface area (Å²) in [6, 6.07) is 6.74. The van der Waals surface area contributed by atoms with Crippen molar-refractivity contribution in [2.75, 3.05) is 32.0 Å². The molecule has 4 nitrogen and oxygen atoms in total. The minimum Gasteiger partial charge on any atom is -0.461 e. The standard InChI is InChI=1S/C13H20N2O2.ClH/c1-3-15(4-2)9-10-17-13(16)11-5-7-12(14)8-6-11;/h5-8H,3-4,9-10,14H2,1-2H3;1H/i5+1,6+1,7+1,8+1,11+1,12+1;. The normalized spacial score (nSPS) is 9.94. The summed E-state index contributed by atoms with van der Waals surface area (Å²) < 4.78 is 5.18. The second kappa shape index (κ2) is 8.78. The summed E-state index contributed by atoms with van der Waals surface area (Å²) in [5, 5.41) is 0. The molecule has 0 saturated carbocycles. The number of nitrogens with zero attached hydrogens (tertiary/aromatic N) is 1. The molecule has 5 heteroatoms. The molecule has 0 atom stereocenters. The Bertz CT molecular complexity index is 351. The van der Waals surface area contributed by atoms with Crippen LogP contribution in [0, 0.1) is 0 Å². The van der Waals surface area contributed by atoms with E-state index in [2.05, 4.69) is 18.7 Å². The first-order chi connectivity index (χ1) is 8.17. The highest BCUT2D eigenvalue weighted by Gasteiger charge is 2.07. The van der Waals surface area contributed by atoms with E-state index in [9.17, 15) is 4.79 Å². The van der Waals surface area contributed by atoms with E-state index in [1.807, 2.05) is 0 Å². The van der Waals surface area contributed by atoms with E-state index >= 15 is 0 Å². The number of esters is 1. The van der Waals surface area contributed by atoms with Crippen LogP contribution >= 0.6 is 12.4 Å². The number of benzene rings is 1. The maximum atomic E-state index is 11.6. The van der Waals surface area contributed by atoms with Gasteiger partial charge in [0.25, 0.3) is 0 Å². The third-order valence-corrected chi connectivity index (χ3v) is 2.68. The van der Waals surface area contributed by atoms with Crippen LogP contribution in [0.1, 0.15) is 24.2 Å². The van der Waals surface area contributed by atoms with Crippen LogP contribution in [0.25, 0.3) is 0 Å². The maximum Gasteiger partial charge on any atom is 0.338 e. The number of anilines is 1. The second-order valence-corrected chi connectivity index (χ2v) is 3.78. The number of hydrogen-bond donors (Lipinski definition) is 1. The SMILES string of the molecule is CCN(CC)CCOC(=O)[13c]1[13cH][13cH][13c](N)[13cH][13cH]1.Cl. The van der Waals surface area contributed by atoms with Crippen LogP contribution in [0.2, 0.25) is 0 Å². The summed E-state index contributed by atoms with van der Waals surface area (Å²) in [7, 11) is 0. The highest BCUT2D eigenvalue weighted by Crippen LogP contribution is 2.06. The molecule has 1 aromatic rings. The lowest BCUT2D eigenvalue weighted by Gasteiger charge is -2.17. The number of nitrogens with two attached hydrogens (primary N) is 1. The molecule has 0 aromatic heterocycles. The van der Waals surface area contributed by atoms with Gasteiger partial charge < -0.3 is 15.4 Å². The molecule has 0 saturated heterocycles. The Morgan fingerprint density at radius 2 is 1.78 bits per heavy atom. The Hall–Kier alpha value is -1.26. The third-order valence-electron chi connectivity index (χ3n) is 2.68. The van der Waals surface area contributed by atoms with E-state index in [0.717, 1.165) is 19.6 Å². The van der Waals surface area contributed by atoms with Gasteiger partial charge >= 0.3 is 5.97 Å². The monoisotopic (exact) mass is 278 g/mol. The van der Waals surface area contributed by atoms with Gasteiger partial charge in [-0.15, -0.1) is 12.4 Å². The lowest BCUT2D eigenvalue weighted by atomic mass is 10.5. The predicted molar refractivity (Wildman–Crippen MR) is 76.2 cm³/mol. The summed E-state index contributed by atoms with van der Waals surface area (Å²) in [6.45, 7) is 7.31. The van der Waals surface area contributed by atoms with Crippen LogP contribution in [-0.4, -0.2) is 37.1 Å². The molecule has 18 heavy (non-hydrogen) atoms. The summed E-state index contributed by atoms with van der Waals surface area (Å²) in [5.74, 6) is -0.294. The average molecular weight is 279 g/mol. The minimum absolute atomic E-state index is 0. The van der Waals surface area contributed by atoms with Crippen molar-refractivity contribution in [1.82, 2.24) is 4.90 Å². The Balaban J connectivity index is 0.00000289. The highest BCUT2D eigenvalue weighted by atomic mass is 35.5. The molecule has 0 radical (unpaired) electrons. The van der Waals surface area contributed by atoms with E-state index < -0.39 is 0 Å². The van der Waals surface area contributed by atoms with E-state index in [-0.39, 0.29) is 18.4 Å². The molecule has 1 rings (SSSR count). The van der Waals surface area contributed by atoms with Crippen molar-refractivity contribution < 1.29 is 9.53 Å². The van der Waals surface area contributed by atoms with Crippen molar-refractivity contribution in [2.45, 2.75) is 13.8 Å². The van der Waals surface area contributed by atoms with Crippen LogP contribution in [-0.2, 0) is 4.74 Å². The van der Waals surface area contributed by atoms with E-state index in [4.69, 9.17) is 10.5 Å². The van der Waals surface area contributed by atoms with Gasteiger partial charge in [0, 0.05) is 12.2 Å². The number of halogens is 1. The van der Waals surface area contributed by atoms with Crippen LogP contribution in [0.3, 0.4) is 0 Å². The lowest BCUT2D eigenvalue weighted by molar-refractivity contribution is 0.0466. The van der Waals surface area contributed by atoms with Crippen molar-refractivity contribution in [3.63, 3.8) is 0 Å². The Morgan fingerprint density at radius 3 is 2.28 bits per heavy atom. The summed E-state index contributed by atoms with van der Waals surface area (Å²) >= 11 is 0. The molecule has 0 spiro atoms. The number of carbonyl (C=O) groups is 1. The Morgan fingerprint density at radius 1 is 1.22 bits per heavy atom. The van der Waals surface area contributed by atoms with Crippen LogP contribution < -0.4 is 5.73 Å². The number of hydrogen-bond acceptors (Lipinski definition) is 4. The number of nitrogen functional groups attached to an aromatic ring is 1. The first-order valence-electron chi connectivity index (χ1n) is 5.92. The zero-order chi connectivity index (χ0) is 12.7. The van der Waals surface area contributed by atoms with Crippen LogP contribution in [0.4, 0.5) is 5.69 Å². The number of likely N-dealkylation sites (N-methyl/N-ethyl adjacent to an activating group) is 1. The van der Waals surface area contributed by atoms with E-state index in [1.165, 1.54) is 0 Å². The fourth-order valence-corrected chi connectivity index (χ4v) is 1.51. The smallest absolute Gasteiger partial charge is 0.338 e. The van der Waals surface area contributed by atoms with Gasteiger partial charge in [0.1, 0.15) is 6.61 Å². The van der Waals surface area contributed by atoms with Gasteiger partial charge in [-0.2, -0.15) is 0 Å². The van der Waals surface area contributed by atoms with Gasteiger partial charge in [0.05, 0.1) is 5.56 Å². The van der Waals surface area contributed by atoms with Gasteiger partial charge in [-0.25, -0.2) is 4.79 Å². The zero-order valence-corrected chi connectivity index (χ0v) is 11.7. The number of ether oxygens (including phenoxy) is 1. The molecule has 0 aliphatic rings. The predicted octanol–water partition coefficient (Wildman–Crippen LogP) is 2.19. The van der Waals surface area contributed by atoms with Crippen molar-refractivity contribution in [2.24, 2.45) is 0 Å². The minimum atomic E-state index is -0.294. The quantitative estimate of drug-likeness (QED) is 0.640. The highest BCUT2D eigenvalue weighted by molar-refractivity contribution is 5.89. The van der Waals surface area contributed by atoms with Gasteiger partial charge in [-0.3, -0.25) is 0 Å². The molecule has 102 valence electrons. The van der Waals surface area contributed by atoms with E-state index in [0.29, 0.717) is 17.9 Å². The number of carbonyl (C=O) groups excluding carboxylic acids is 1. The molecule has 1 aromatic carbocycles. The molecule has 0 aliphatic carbocycles. The van der Waals surface area contributed by atoms with Gasteiger partial charge in [-0.1, -0.05) is 13.8 Å². The van der Waals surface area contributed by atoms with Crippen LogP contribution in [0.15, 0.2) is 24.3 Å². The van der Waals surface area contributed by atoms with Crippen molar-refractivity contribution in [1.29, 1.82) is 0 Å².